The first kappa shape index (κ1) is 24.2. The van der Waals surface area contributed by atoms with Crippen LogP contribution in [0.2, 0.25) is 0 Å². The zero-order valence-electron chi connectivity index (χ0n) is 18.9. The fraction of sp³-hybridized carbons (Fsp3) is 0.160. The molecule has 1 atom stereocenters. The van der Waals surface area contributed by atoms with Gasteiger partial charge in [-0.3, -0.25) is 9.36 Å². The van der Waals surface area contributed by atoms with E-state index >= 15 is 0 Å². The molecule has 0 saturated carbocycles. The summed E-state index contributed by atoms with van der Waals surface area (Å²) in [4.78, 5) is 12.4. The fourth-order valence-corrected chi connectivity index (χ4v) is 4.08. The van der Waals surface area contributed by atoms with E-state index in [1.54, 1.807) is 19.2 Å². The quantitative estimate of drug-likeness (QED) is 0.312. The lowest BCUT2D eigenvalue weighted by Crippen LogP contribution is -2.15. The minimum atomic E-state index is -1.03. The van der Waals surface area contributed by atoms with Gasteiger partial charge in [0.1, 0.15) is 0 Å². The maximum Gasteiger partial charge on any atom is 0.234 e. The van der Waals surface area contributed by atoms with E-state index in [-0.39, 0.29) is 11.4 Å². The first-order valence-corrected chi connectivity index (χ1v) is 11.6. The highest BCUT2D eigenvalue weighted by Gasteiger charge is 2.22. The van der Waals surface area contributed by atoms with Crippen LogP contribution in [0.5, 0.6) is 11.5 Å². The summed E-state index contributed by atoms with van der Waals surface area (Å²) < 4.78 is 39.9. The van der Waals surface area contributed by atoms with Crippen LogP contribution in [0.25, 0.3) is 5.69 Å². The summed E-state index contributed by atoms with van der Waals surface area (Å²) >= 11 is 1.16. The highest BCUT2D eigenvalue weighted by atomic mass is 32.2. The summed E-state index contributed by atoms with van der Waals surface area (Å²) in [5, 5.41) is 11.6. The third-order valence-electron chi connectivity index (χ3n) is 4.94. The summed E-state index contributed by atoms with van der Waals surface area (Å²) in [6.07, 6.45) is -0.496. The molecule has 10 heteroatoms. The highest BCUT2D eigenvalue weighted by Crippen LogP contribution is 2.32. The van der Waals surface area contributed by atoms with E-state index in [0.29, 0.717) is 22.5 Å². The maximum atomic E-state index is 13.4. The predicted octanol–water partition coefficient (Wildman–Crippen LogP) is 5.42. The van der Waals surface area contributed by atoms with E-state index in [1.807, 2.05) is 54.0 Å². The van der Waals surface area contributed by atoms with Crippen molar-refractivity contribution in [3.63, 3.8) is 0 Å². The number of nitrogens with zero attached hydrogens (tertiary/aromatic N) is 3. The molecular weight excluding hydrogens is 474 g/mol. The van der Waals surface area contributed by atoms with Gasteiger partial charge in [0.2, 0.25) is 5.91 Å². The number of halogens is 2. The number of benzene rings is 3. The Labute approximate surface area is 205 Å². The van der Waals surface area contributed by atoms with Gasteiger partial charge in [-0.2, -0.15) is 0 Å². The molecule has 0 radical (unpaired) electrons. The Balaban J connectivity index is 1.54. The molecule has 1 amide bonds. The van der Waals surface area contributed by atoms with Crippen molar-refractivity contribution in [1.82, 2.24) is 14.8 Å². The van der Waals surface area contributed by atoms with Gasteiger partial charge in [-0.15, -0.1) is 10.2 Å². The Kier molecular flexibility index (Phi) is 7.61. The molecule has 1 N–H and O–H groups in total. The lowest BCUT2D eigenvalue weighted by molar-refractivity contribution is -0.113. The largest absolute Gasteiger partial charge is 0.493 e. The average molecular weight is 497 g/mol. The molecule has 0 aliphatic carbocycles. The lowest BCUT2D eigenvalue weighted by Gasteiger charge is -2.18. The van der Waals surface area contributed by atoms with Gasteiger partial charge < -0.3 is 14.8 Å². The number of hydrogen-bond acceptors (Lipinski definition) is 6. The molecule has 35 heavy (non-hydrogen) atoms. The lowest BCUT2D eigenvalue weighted by atomic mass is 10.3. The van der Waals surface area contributed by atoms with Crippen LogP contribution in [0.15, 0.2) is 78.0 Å². The molecule has 0 bridgehead atoms. The second-order valence-corrected chi connectivity index (χ2v) is 8.33. The first-order chi connectivity index (χ1) is 17.0. The molecule has 0 spiro atoms. The van der Waals surface area contributed by atoms with Gasteiger partial charge in [-0.1, -0.05) is 42.1 Å². The Hall–Kier alpha value is -3.92. The number of para-hydroxylation sites is 3. The normalized spacial score (nSPS) is 11.7. The molecule has 1 unspecified atom stereocenters. The number of carbonyl (C=O) groups excluding carboxylic acids is 1. The van der Waals surface area contributed by atoms with Crippen LogP contribution in [0.3, 0.4) is 0 Å². The van der Waals surface area contributed by atoms with Crippen LogP contribution in [-0.4, -0.2) is 33.5 Å². The molecule has 180 valence electrons. The van der Waals surface area contributed by atoms with Gasteiger partial charge in [-0.05, 0) is 43.3 Å². The number of carbonyl (C=O) groups is 1. The van der Waals surface area contributed by atoms with Crippen LogP contribution in [0.1, 0.15) is 18.9 Å². The third-order valence-corrected chi connectivity index (χ3v) is 5.87. The van der Waals surface area contributed by atoms with Gasteiger partial charge in [-0.25, -0.2) is 8.78 Å². The molecule has 1 heterocycles. The summed E-state index contributed by atoms with van der Waals surface area (Å²) in [7, 11) is 1.57. The van der Waals surface area contributed by atoms with Crippen LogP contribution in [0.4, 0.5) is 14.5 Å². The number of hydrogen-bond donors (Lipinski definition) is 1. The molecule has 3 aromatic carbocycles. The Morgan fingerprint density at radius 3 is 2.43 bits per heavy atom. The van der Waals surface area contributed by atoms with Crippen LogP contribution >= 0.6 is 11.8 Å². The third kappa shape index (κ3) is 5.78. The van der Waals surface area contributed by atoms with Crippen molar-refractivity contribution >= 4 is 23.4 Å². The molecule has 7 nitrogen and oxygen atoms in total. The molecule has 4 rings (SSSR count). The maximum absolute atomic E-state index is 13.4. The molecule has 1 aromatic heterocycles. The number of nitrogens with one attached hydrogen (secondary N) is 1. The topological polar surface area (TPSA) is 78.3 Å². The van der Waals surface area contributed by atoms with Gasteiger partial charge in [0.25, 0.3) is 0 Å². The van der Waals surface area contributed by atoms with Crippen LogP contribution in [0, 0.1) is 11.6 Å². The van der Waals surface area contributed by atoms with Crippen molar-refractivity contribution in [3.05, 3.63) is 90.3 Å². The Morgan fingerprint density at radius 2 is 1.71 bits per heavy atom. The van der Waals surface area contributed by atoms with E-state index in [1.165, 1.54) is 6.07 Å². The van der Waals surface area contributed by atoms with Crippen molar-refractivity contribution in [2.45, 2.75) is 18.2 Å². The molecule has 0 aliphatic rings. The van der Waals surface area contributed by atoms with Crippen molar-refractivity contribution in [3.8, 4) is 17.2 Å². The zero-order valence-corrected chi connectivity index (χ0v) is 19.8. The number of thioether (sulfide) groups is 1. The minimum absolute atomic E-state index is 0.0221. The number of amides is 1. The van der Waals surface area contributed by atoms with Crippen molar-refractivity contribution < 1.29 is 23.0 Å². The average Bonchev–Trinajstić information content (AvgIpc) is 3.30. The summed E-state index contributed by atoms with van der Waals surface area (Å²) in [6, 6.07) is 19.9. The SMILES string of the molecule is COc1ccccc1OC(C)c1nnc(SCC(=O)Nc2ccc(F)c(F)c2)n1-c1ccccc1. The fourth-order valence-electron chi connectivity index (χ4n) is 3.32. The summed E-state index contributed by atoms with van der Waals surface area (Å²) in [5.74, 6) is -0.752. The zero-order chi connectivity index (χ0) is 24.8. The molecular formula is C25H22F2N4O3S. The second-order valence-electron chi connectivity index (χ2n) is 7.39. The number of rotatable bonds is 9. The van der Waals surface area contributed by atoms with Gasteiger partial charge in [0.15, 0.2) is 40.2 Å². The first-order valence-electron chi connectivity index (χ1n) is 10.6. The smallest absolute Gasteiger partial charge is 0.234 e. The van der Waals surface area contributed by atoms with E-state index < -0.39 is 23.6 Å². The van der Waals surface area contributed by atoms with Crippen LogP contribution < -0.4 is 14.8 Å². The highest BCUT2D eigenvalue weighted by molar-refractivity contribution is 7.99. The van der Waals surface area contributed by atoms with E-state index in [4.69, 9.17) is 9.47 Å². The second kappa shape index (κ2) is 11.0. The van der Waals surface area contributed by atoms with Crippen LogP contribution in [-0.2, 0) is 4.79 Å². The van der Waals surface area contributed by atoms with Crippen molar-refractivity contribution in [2.75, 3.05) is 18.2 Å². The molecule has 4 aromatic rings. The Morgan fingerprint density at radius 1 is 1.00 bits per heavy atom. The molecule has 0 fully saturated rings. The number of methoxy groups -OCH3 is 1. The van der Waals surface area contributed by atoms with E-state index in [2.05, 4.69) is 15.5 Å². The van der Waals surface area contributed by atoms with Gasteiger partial charge in [0.05, 0.1) is 12.9 Å². The summed E-state index contributed by atoms with van der Waals surface area (Å²) in [5.41, 5.74) is 0.963. The van der Waals surface area contributed by atoms with Gasteiger partial charge in [0, 0.05) is 17.4 Å². The van der Waals surface area contributed by atoms with Gasteiger partial charge >= 0.3 is 0 Å². The monoisotopic (exact) mass is 496 g/mol. The Bertz CT molecular complexity index is 1320. The predicted molar refractivity (Wildman–Crippen MR) is 129 cm³/mol. The molecule has 0 aliphatic heterocycles. The number of anilines is 1. The minimum Gasteiger partial charge on any atom is -0.493 e. The number of aromatic nitrogens is 3. The summed E-state index contributed by atoms with van der Waals surface area (Å²) in [6.45, 7) is 1.85. The van der Waals surface area contributed by atoms with Crippen molar-refractivity contribution in [2.24, 2.45) is 0 Å². The standard InChI is InChI=1S/C25H22F2N4O3S/c1-16(34-22-11-7-6-10-21(22)33-2)24-29-30-25(31(24)18-8-4-3-5-9-18)35-15-23(32)28-17-12-13-19(26)20(27)14-17/h3-14,16H,15H2,1-2H3,(H,28,32). The molecule has 0 saturated heterocycles. The number of ether oxygens (including phenoxy) is 2. The van der Waals surface area contributed by atoms with Crippen molar-refractivity contribution in [1.29, 1.82) is 0 Å². The van der Waals surface area contributed by atoms with E-state index in [9.17, 15) is 13.6 Å². The van der Waals surface area contributed by atoms with E-state index in [0.717, 1.165) is 29.6 Å².